The van der Waals surface area contributed by atoms with Crippen molar-refractivity contribution in [1.29, 1.82) is 0 Å². The van der Waals surface area contributed by atoms with E-state index in [-0.39, 0.29) is 28.7 Å². The van der Waals surface area contributed by atoms with Crippen molar-refractivity contribution in [3.8, 4) is 11.5 Å². The van der Waals surface area contributed by atoms with Crippen molar-refractivity contribution < 1.29 is 19.1 Å². The van der Waals surface area contributed by atoms with E-state index in [4.69, 9.17) is 32.7 Å². The number of hydrogen-bond acceptors (Lipinski definition) is 5. The van der Waals surface area contributed by atoms with Crippen LogP contribution in [0.1, 0.15) is 21.5 Å². The fourth-order valence-electron chi connectivity index (χ4n) is 3.50. The van der Waals surface area contributed by atoms with E-state index in [1.807, 2.05) is 42.5 Å². The molecule has 0 atom stereocenters. The molecule has 0 radical (unpaired) electrons. The highest BCUT2D eigenvalue weighted by molar-refractivity contribution is 6.36. The summed E-state index contributed by atoms with van der Waals surface area (Å²) in [5.41, 5.74) is 4.27. The molecule has 176 valence electrons. The monoisotopic (exact) mass is 506 g/mol. The van der Waals surface area contributed by atoms with Gasteiger partial charge in [-0.3, -0.25) is 4.79 Å². The van der Waals surface area contributed by atoms with Crippen LogP contribution in [-0.2, 0) is 11.2 Å². The van der Waals surface area contributed by atoms with E-state index in [0.717, 1.165) is 16.3 Å². The molecule has 4 rings (SSSR count). The van der Waals surface area contributed by atoms with Crippen molar-refractivity contribution in [3.05, 3.63) is 106 Å². The van der Waals surface area contributed by atoms with Crippen LogP contribution in [0, 0.1) is 0 Å². The van der Waals surface area contributed by atoms with Gasteiger partial charge in [-0.1, -0.05) is 65.7 Å². The van der Waals surface area contributed by atoms with Crippen LogP contribution in [0.2, 0.25) is 10.0 Å². The SMILES string of the molecule is COc1cc(/C=N\NC(=O)Cc2cccc3ccccc23)ccc1OC(=O)c1ccc(Cl)cc1Cl. The summed E-state index contributed by atoms with van der Waals surface area (Å²) in [6.07, 6.45) is 1.68. The molecule has 0 bridgehead atoms. The summed E-state index contributed by atoms with van der Waals surface area (Å²) < 4.78 is 10.8. The summed E-state index contributed by atoms with van der Waals surface area (Å²) in [6.45, 7) is 0. The first-order chi connectivity index (χ1) is 16.9. The highest BCUT2D eigenvalue weighted by Gasteiger charge is 2.16. The number of amides is 1. The van der Waals surface area contributed by atoms with Gasteiger partial charge in [-0.25, -0.2) is 10.2 Å². The minimum absolute atomic E-state index is 0.178. The van der Waals surface area contributed by atoms with Gasteiger partial charge in [0, 0.05) is 5.02 Å². The van der Waals surface area contributed by atoms with Gasteiger partial charge >= 0.3 is 5.97 Å². The average Bonchev–Trinajstić information content (AvgIpc) is 2.85. The number of rotatable bonds is 7. The zero-order valence-corrected chi connectivity index (χ0v) is 20.1. The molecule has 4 aromatic rings. The zero-order chi connectivity index (χ0) is 24.8. The molecule has 0 aliphatic carbocycles. The van der Waals surface area contributed by atoms with Gasteiger partial charge in [0.1, 0.15) is 0 Å². The fraction of sp³-hybridized carbons (Fsp3) is 0.0741. The summed E-state index contributed by atoms with van der Waals surface area (Å²) in [5.74, 6) is -0.364. The quantitative estimate of drug-likeness (QED) is 0.143. The maximum absolute atomic E-state index is 12.5. The summed E-state index contributed by atoms with van der Waals surface area (Å²) in [6, 6.07) is 23.1. The molecule has 6 nitrogen and oxygen atoms in total. The van der Waals surface area contributed by atoms with Gasteiger partial charge in [-0.15, -0.1) is 0 Å². The number of esters is 1. The third-order valence-corrected chi connectivity index (χ3v) is 5.72. The maximum atomic E-state index is 12.5. The van der Waals surface area contributed by atoms with E-state index in [2.05, 4.69) is 10.5 Å². The van der Waals surface area contributed by atoms with Crippen LogP contribution in [0.3, 0.4) is 0 Å². The number of ether oxygens (including phenoxy) is 2. The van der Waals surface area contributed by atoms with E-state index in [1.54, 1.807) is 24.3 Å². The number of nitrogens with zero attached hydrogens (tertiary/aromatic N) is 1. The summed E-state index contributed by atoms with van der Waals surface area (Å²) in [4.78, 5) is 24.9. The number of nitrogens with one attached hydrogen (secondary N) is 1. The van der Waals surface area contributed by atoms with Crippen LogP contribution in [-0.4, -0.2) is 25.2 Å². The van der Waals surface area contributed by atoms with Crippen molar-refractivity contribution in [2.45, 2.75) is 6.42 Å². The molecule has 1 amide bonds. The molecule has 0 heterocycles. The third-order valence-electron chi connectivity index (χ3n) is 5.18. The normalized spacial score (nSPS) is 10.9. The van der Waals surface area contributed by atoms with Gasteiger partial charge in [0.15, 0.2) is 11.5 Å². The smallest absolute Gasteiger partial charge is 0.345 e. The Kier molecular flexibility index (Phi) is 7.65. The number of hydrazone groups is 1. The van der Waals surface area contributed by atoms with Crippen LogP contribution in [0.15, 0.2) is 84.0 Å². The Morgan fingerprint density at radius 3 is 2.54 bits per heavy atom. The van der Waals surface area contributed by atoms with Crippen molar-refractivity contribution in [2.24, 2.45) is 5.10 Å². The number of benzene rings is 4. The molecule has 8 heteroatoms. The number of carbonyl (C=O) groups is 2. The van der Waals surface area contributed by atoms with Gasteiger partial charge in [-0.2, -0.15) is 5.10 Å². The predicted octanol–water partition coefficient (Wildman–Crippen LogP) is 6.07. The van der Waals surface area contributed by atoms with Gasteiger partial charge in [0.25, 0.3) is 0 Å². The lowest BCUT2D eigenvalue weighted by atomic mass is 10.0. The topological polar surface area (TPSA) is 77.0 Å². The third kappa shape index (κ3) is 5.98. The van der Waals surface area contributed by atoms with Gasteiger partial charge < -0.3 is 9.47 Å². The van der Waals surface area contributed by atoms with E-state index >= 15 is 0 Å². The second-order valence-electron chi connectivity index (χ2n) is 7.53. The molecule has 0 saturated heterocycles. The first-order valence-electron chi connectivity index (χ1n) is 10.6. The van der Waals surface area contributed by atoms with Crippen molar-refractivity contribution in [1.82, 2.24) is 5.43 Å². The Bertz CT molecular complexity index is 1430. The van der Waals surface area contributed by atoms with E-state index in [9.17, 15) is 9.59 Å². The number of hydrogen-bond donors (Lipinski definition) is 1. The minimum Gasteiger partial charge on any atom is -0.493 e. The number of halogens is 2. The van der Waals surface area contributed by atoms with Crippen LogP contribution >= 0.6 is 23.2 Å². The first kappa shape index (κ1) is 24.3. The Morgan fingerprint density at radius 2 is 1.74 bits per heavy atom. The number of fused-ring (bicyclic) bond motifs is 1. The van der Waals surface area contributed by atoms with Crippen molar-refractivity contribution >= 4 is 52.1 Å². The van der Waals surface area contributed by atoms with Crippen molar-refractivity contribution in [3.63, 3.8) is 0 Å². The molecule has 0 saturated carbocycles. The molecule has 0 aliphatic rings. The Balaban J connectivity index is 1.41. The summed E-state index contributed by atoms with van der Waals surface area (Å²) >= 11 is 12.0. The molecule has 0 aromatic heterocycles. The fourth-order valence-corrected chi connectivity index (χ4v) is 3.98. The molecule has 1 N–H and O–H groups in total. The number of methoxy groups -OCH3 is 1. The van der Waals surface area contributed by atoms with Gasteiger partial charge in [0.05, 0.1) is 30.3 Å². The molecular formula is C27H20Cl2N2O4. The molecular weight excluding hydrogens is 487 g/mol. The number of carbonyl (C=O) groups excluding carboxylic acids is 2. The summed E-state index contributed by atoms with van der Waals surface area (Å²) in [5, 5.41) is 6.74. The average molecular weight is 507 g/mol. The Morgan fingerprint density at radius 1 is 0.943 bits per heavy atom. The lowest BCUT2D eigenvalue weighted by Gasteiger charge is -2.10. The standard InChI is InChI=1S/C27H20Cl2N2O4/c1-34-25-13-17(9-12-24(25)35-27(33)22-11-10-20(28)15-23(22)29)16-30-31-26(32)14-19-7-4-6-18-5-2-3-8-21(18)19/h2-13,15-16H,14H2,1H3,(H,31,32)/b30-16-. The van der Waals surface area contributed by atoms with Gasteiger partial charge in [-0.05, 0) is 58.3 Å². The van der Waals surface area contributed by atoms with Crippen LogP contribution in [0.25, 0.3) is 10.8 Å². The first-order valence-corrected chi connectivity index (χ1v) is 11.3. The minimum atomic E-state index is -0.646. The predicted molar refractivity (Wildman–Crippen MR) is 138 cm³/mol. The zero-order valence-electron chi connectivity index (χ0n) is 18.6. The van der Waals surface area contributed by atoms with Crippen molar-refractivity contribution in [2.75, 3.05) is 7.11 Å². The highest BCUT2D eigenvalue weighted by atomic mass is 35.5. The maximum Gasteiger partial charge on any atom is 0.345 e. The lowest BCUT2D eigenvalue weighted by molar-refractivity contribution is -0.120. The molecule has 0 aliphatic heterocycles. The van der Waals surface area contributed by atoms with E-state index < -0.39 is 5.97 Å². The molecule has 0 spiro atoms. The largest absolute Gasteiger partial charge is 0.493 e. The molecule has 35 heavy (non-hydrogen) atoms. The second-order valence-corrected chi connectivity index (χ2v) is 8.38. The molecule has 0 fully saturated rings. The summed E-state index contributed by atoms with van der Waals surface area (Å²) in [7, 11) is 1.45. The molecule has 0 unspecified atom stereocenters. The van der Waals surface area contributed by atoms with E-state index in [1.165, 1.54) is 25.5 Å². The lowest BCUT2D eigenvalue weighted by Crippen LogP contribution is -2.19. The van der Waals surface area contributed by atoms with Crippen LogP contribution < -0.4 is 14.9 Å². The Labute approximate surface area is 212 Å². The Hall–Kier alpha value is -3.87. The van der Waals surface area contributed by atoms with E-state index in [0.29, 0.717) is 16.3 Å². The molecule has 4 aromatic carbocycles. The van der Waals surface area contributed by atoms with Crippen LogP contribution in [0.4, 0.5) is 0 Å². The highest BCUT2D eigenvalue weighted by Crippen LogP contribution is 2.30. The second kappa shape index (κ2) is 11.0. The van der Waals surface area contributed by atoms with Crippen LogP contribution in [0.5, 0.6) is 11.5 Å². The van der Waals surface area contributed by atoms with Gasteiger partial charge in [0.2, 0.25) is 5.91 Å².